The average molecular weight is 526 g/mol. The highest BCUT2D eigenvalue weighted by Gasteiger charge is 2.48. The molecular weight excluding hydrogens is 495 g/mol. The second kappa shape index (κ2) is 9.47. The number of hydrogen-bond acceptors (Lipinski definition) is 5. The fourth-order valence-electron chi connectivity index (χ4n) is 5.76. The molecule has 2 aliphatic heterocycles. The summed E-state index contributed by atoms with van der Waals surface area (Å²) < 4.78 is 38.7. The van der Waals surface area contributed by atoms with E-state index < -0.39 is 28.7 Å². The molecule has 2 atom stereocenters. The van der Waals surface area contributed by atoms with Crippen LogP contribution in [0.25, 0.3) is 10.9 Å². The van der Waals surface area contributed by atoms with Gasteiger partial charge in [0.1, 0.15) is 0 Å². The summed E-state index contributed by atoms with van der Waals surface area (Å²) in [5.74, 6) is -1.03. The number of aromatic nitrogens is 1. The van der Waals surface area contributed by atoms with E-state index in [0.717, 1.165) is 39.7 Å². The van der Waals surface area contributed by atoms with Gasteiger partial charge in [-0.05, 0) is 59.9 Å². The van der Waals surface area contributed by atoms with Crippen molar-refractivity contribution in [3.05, 3.63) is 77.0 Å². The minimum Gasteiger partial charge on any atom is -0.385 e. The summed E-state index contributed by atoms with van der Waals surface area (Å²) in [6.07, 6.45) is -1.53. The highest BCUT2D eigenvalue weighted by Crippen LogP contribution is 2.47. The van der Waals surface area contributed by atoms with Gasteiger partial charge in [0.25, 0.3) is 0 Å². The first-order valence-electron chi connectivity index (χ1n) is 12.7. The SMILES string of the molecule is CC1(C)CN(Cc2ccc(C(F)(F)F)cc2)CC[C@]1(O)c1ccc2ncc(C3CCC(=O)NC3=O)cc2c1. The predicted molar refractivity (Wildman–Crippen MR) is 136 cm³/mol. The normalized spacial score (nSPS) is 24.4. The molecule has 38 heavy (non-hydrogen) atoms. The number of alkyl halides is 3. The van der Waals surface area contributed by atoms with E-state index in [1.807, 2.05) is 38.1 Å². The Morgan fingerprint density at radius 2 is 1.84 bits per heavy atom. The average Bonchev–Trinajstić information content (AvgIpc) is 2.85. The first-order chi connectivity index (χ1) is 17.9. The van der Waals surface area contributed by atoms with Crippen molar-refractivity contribution >= 4 is 22.7 Å². The van der Waals surface area contributed by atoms with Gasteiger partial charge in [0, 0.05) is 43.1 Å². The summed E-state index contributed by atoms with van der Waals surface area (Å²) in [4.78, 5) is 30.6. The Kier molecular flexibility index (Phi) is 6.55. The minimum absolute atomic E-state index is 0.267. The third kappa shape index (κ3) is 4.92. The van der Waals surface area contributed by atoms with Gasteiger partial charge in [-0.1, -0.05) is 32.0 Å². The van der Waals surface area contributed by atoms with Crippen LogP contribution in [0, 0.1) is 5.41 Å². The van der Waals surface area contributed by atoms with Gasteiger partial charge in [-0.3, -0.25) is 24.8 Å². The zero-order chi connectivity index (χ0) is 27.3. The first kappa shape index (κ1) is 26.3. The molecule has 2 fully saturated rings. The molecule has 1 aromatic heterocycles. The molecule has 0 radical (unpaired) electrons. The van der Waals surface area contributed by atoms with Gasteiger partial charge in [-0.2, -0.15) is 13.2 Å². The molecular formula is C29H30F3N3O3. The Morgan fingerprint density at radius 3 is 2.50 bits per heavy atom. The van der Waals surface area contributed by atoms with Crippen LogP contribution >= 0.6 is 0 Å². The number of nitrogens with zero attached hydrogens (tertiary/aromatic N) is 2. The van der Waals surface area contributed by atoms with Gasteiger partial charge in [0.05, 0.1) is 22.6 Å². The summed E-state index contributed by atoms with van der Waals surface area (Å²) in [7, 11) is 0. The molecule has 1 unspecified atom stereocenters. The summed E-state index contributed by atoms with van der Waals surface area (Å²) in [6.45, 7) is 5.61. The van der Waals surface area contributed by atoms with Crippen molar-refractivity contribution in [2.75, 3.05) is 13.1 Å². The summed E-state index contributed by atoms with van der Waals surface area (Å²) in [5.41, 5.74) is 0.662. The van der Waals surface area contributed by atoms with Gasteiger partial charge in [-0.25, -0.2) is 0 Å². The highest BCUT2D eigenvalue weighted by atomic mass is 19.4. The van der Waals surface area contributed by atoms with Gasteiger partial charge in [0.15, 0.2) is 0 Å². The van der Waals surface area contributed by atoms with Crippen molar-refractivity contribution in [1.29, 1.82) is 0 Å². The lowest BCUT2D eigenvalue weighted by Crippen LogP contribution is -2.55. The van der Waals surface area contributed by atoms with E-state index in [0.29, 0.717) is 32.5 Å². The molecule has 0 spiro atoms. The predicted octanol–water partition coefficient (Wildman–Crippen LogP) is 4.89. The monoisotopic (exact) mass is 525 g/mol. The lowest BCUT2D eigenvalue weighted by Gasteiger charge is -2.50. The Bertz CT molecular complexity index is 1390. The van der Waals surface area contributed by atoms with Crippen molar-refractivity contribution in [3.63, 3.8) is 0 Å². The van der Waals surface area contributed by atoms with Crippen molar-refractivity contribution in [3.8, 4) is 0 Å². The minimum atomic E-state index is -4.36. The number of likely N-dealkylation sites (tertiary alicyclic amines) is 1. The molecule has 3 aromatic rings. The molecule has 6 nitrogen and oxygen atoms in total. The van der Waals surface area contributed by atoms with E-state index in [4.69, 9.17) is 0 Å². The second-order valence-corrected chi connectivity index (χ2v) is 11.1. The van der Waals surface area contributed by atoms with Gasteiger partial charge < -0.3 is 5.11 Å². The number of amides is 2. The maximum atomic E-state index is 12.9. The van der Waals surface area contributed by atoms with Crippen molar-refractivity contribution < 1.29 is 27.9 Å². The number of carbonyl (C=O) groups is 2. The molecule has 9 heteroatoms. The van der Waals surface area contributed by atoms with Crippen LogP contribution in [0.2, 0.25) is 0 Å². The number of aliphatic hydroxyl groups is 1. The third-order valence-corrected chi connectivity index (χ3v) is 8.04. The topological polar surface area (TPSA) is 82.5 Å². The maximum Gasteiger partial charge on any atom is 0.416 e. The lowest BCUT2D eigenvalue weighted by molar-refractivity contribution is -0.138. The Labute approximate surface area is 218 Å². The molecule has 2 aliphatic rings. The van der Waals surface area contributed by atoms with Crippen LogP contribution in [-0.4, -0.2) is 39.9 Å². The van der Waals surface area contributed by atoms with Crippen molar-refractivity contribution in [2.45, 2.75) is 57.3 Å². The number of rotatable bonds is 4. The summed E-state index contributed by atoms with van der Waals surface area (Å²) >= 11 is 0. The lowest BCUT2D eigenvalue weighted by atomic mass is 9.66. The van der Waals surface area contributed by atoms with E-state index in [9.17, 15) is 27.9 Å². The zero-order valence-corrected chi connectivity index (χ0v) is 21.3. The number of halogens is 3. The highest BCUT2D eigenvalue weighted by molar-refractivity contribution is 6.01. The fraction of sp³-hybridized carbons (Fsp3) is 0.414. The molecule has 0 saturated carbocycles. The van der Waals surface area contributed by atoms with Gasteiger partial charge in [0.2, 0.25) is 11.8 Å². The molecule has 2 amide bonds. The van der Waals surface area contributed by atoms with E-state index in [2.05, 4.69) is 15.2 Å². The number of benzene rings is 2. The number of nitrogens with one attached hydrogen (secondary N) is 1. The smallest absolute Gasteiger partial charge is 0.385 e. The Balaban J connectivity index is 1.36. The van der Waals surface area contributed by atoms with Crippen LogP contribution in [-0.2, 0) is 27.9 Å². The number of hydrogen-bond donors (Lipinski definition) is 2. The number of fused-ring (bicyclic) bond motifs is 1. The van der Waals surface area contributed by atoms with Crippen LogP contribution in [0.1, 0.15) is 61.3 Å². The molecule has 0 aliphatic carbocycles. The van der Waals surface area contributed by atoms with Crippen LogP contribution in [0.4, 0.5) is 13.2 Å². The van der Waals surface area contributed by atoms with E-state index in [-0.39, 0.29) is 18.2 Å². The molecule has 200 valence electrons. The number of pyridine rings is 1. The first-order valence-corrected chi connectivity index (χ1v) is 12.7. The Morgan fingerprint density at radius 1 is 1.11 bits per heavy atom. The molecule has 0 bridgehead atoms. The van der Waals surface area contributed by atoms with Crippen LogP contribution < -0.4 is 5.32 Å². The number of imide groups is 1. The van der Waals surface area contributed by atoms with Crippen molar-refractivity contribution in [1.82, 2.24) is 15.2 Å². The largest absolute Gasteiger partial charge is 0.416 e. The second-order valence-electron chi connectivity index (χ2n) is 11.1. The van der Waals surface area contributed by atoms with Crippen LogP contribution in [0.3, 0.4) is 0 Å². The fourth-order valence-corrected chi connectivity index (χ4v) is 5.76. The third-order valence-electron chi connectivity index (χ3n) is 8.04. The van der Waals surface area contributed by atoms with E-state index in [1.165, 1.54) is 12.1 Å². The van der Waals surface area contributed by atoms with E-state index >= 15 is 0 Å². The van der Waals surface area contributed by atoms with Gasteiger partial charge in [-0.15, -0.1) is 0 Å². The molecule has 2 N–H and O–H groups in total. The zero-order valence-electron chi connectivity index (χ0n) is 21.3. The summed E-state index contributed by atoms with van der Waals surface area (Å²) in [5, 5.41) is 15.1. The molecule has 2 saturated heterocycles. The van der Waals surface area contributed by atoms with E-state index in [1.54, 1.807) is 6.20 Å². The molecule has 5 rings (SSSR count). The number of carbonyl (C=O) groups excluding carboxylic acids is 2. The standard InChI is InChI=1S/C29H30F3N3O3/c1-27(2)17-35(16-18-3-5-21(6-4-18)29(30,31)32)12-11-28(27,38)22-7-9-24-19(14-22)13-20(15-33-24)23-8-10-25(36)34-26(23)37/h3-7,9,13-15,23,38H,8,10-12,16-17H2,1-2H3,(H,34,36,37)/t23?,28-/m0/s1. The van der Waals surface area contributed by atoms with Crippen LogP contribution in [0.15, 0.2) is 54.7 Å². The molecule has 2 aromatic carbocycles. The Hall–Kier alpha value is -3.30. The van der Waals surface area contributed by atoms with Crippen molar-refractivity contribution in [2.24, 2.45) is 5.41 Å². The maximum absolute atomic E-state index is 12.9. The summed E-state index contributed by atoms with van der Waals surface area (Å²) in [6, 6.07) is 12.8. The number of piperidine rings is 2. The van der Waals surface area contributed by atoms with Crippen LogP contribution in [0.5, 0.6) is 0 Å². The van der Waals surface area contributed by atoms with Gasteiger partial charge >= 0.3 is 6.18 Å². The quantitative estimate of drug-likeness (QED) is 0.474. The molecule has 3 heterocycles.